The molecule has 32 heavy (non-hydrogen) atoms. The number of nitrogens with two attached hydrogens (primary N) is 1. The van der Waals surface area contributed by atoms with Crippen LogP contribution in [0, 0.1) is 29.6 Å². The average molecular weight is 446 g/mol. The zero-order valence-electron chi connectivity index (χ0n) is 18.1. The summed E-state index contributed by atoms with van der Waals surface area (Å²) in [7, 11) is 0. The number of anilines is 2. The predicted octanol–water partition coefficient (Wildman–Crippen LogP) is 5.05. The van der Waals surface area contributed by atoms with E-state index < -0.39 is 5.25 Å². The summed E-state index contributed by atoms with van der Waals surface area (Å²) >= 11 is 1.15. The molecule has 7 nitrogen and oxygen atoms in total. The van der Waals surface area contributed by atoms with Crippen molar-refractivity contribution in [2.45, 2.75) is 43.9 Å². The SMILES string of the molecule is CCc1cccc(C)c1NC(=O)C(CC)Sc1nc(N)c(C#N)c(-c2ccco2)c1C#N. The third kappa shape index (κ3) is 4.46. The first-order valence-corrected chi connectivity index (χ1v) is 11.1. The minimum Gasteiger partial charge on any atom is -0.464 e. The van der Waals surface area contributed by atoms with Gasteiger partial charge in [-0.3, -0.25) is 4.79 Å². The zero-order valence-corrected chi connectivity index (χ0v) is 18.9. The normalized spacial score (nSPS) is 11.4. The molecule has 1 aromatic carbocycles. The van der Waals surface area contributed by atoms with E-state index in [4.69, 9.17) is 10.2 Å². The van der Waals surface area contributed by atoms with Gasteiger partial charge in [0.25, 0.3) is 0 Å². The Morgan fingerprint density at radius 1 is 1.22 bits per heavy atom. The van der Waals surface area contributed by atoms with Gasteiger partial charge in [-0.1, -0.05) is 43.8 Å². The summed E-state index contributed by atoms with van der Waals surface area (Å²) in [6.07, 6.45) is 2.75. The van der Waals surface area contributed by atoms with Crippen LogP contribution in [0.15, 0.2) is 46.0 Å². The molecule has 1 atom stereocenters. The highest BCUT2D eigenvalue weighted by molar-refractivity contribution is 8.00. The lowest BCUT2D eigenvalue weighted by atomic mass is 10.0. The van der Waals surface area contributed by atoms with E-state index in [1.54, 1.807) is 12.1 Å². The molecule has 3 rings (SSSR count). The molecule has 2 aromatic heterocycles. The Hall–Kier alpha value is -3.75. The second kappa shape index (κ2) is 10.0. The highest BCUT2D eigenvalue weighted by Gasteiger charge is 2.27. The van der Waals surface area contributed by atoms with Gasteiger partial charge in [0.1, 0.15) is 34.3 Å². The number of para-hydroxylation sites is 1. The molecule has 0 saturated heterocycles. The molecule has 0 bridgehead atoms. The smallest absolute Gasteiger partial charge is 0.237 e. The number of hydrogen-bond acceptors (Lipinski definition) is 7. The maximum absolute atomic E-state index is 13.1. The second-order valence-corrected chi connectivity index (χ2v) is 8.29. The van der Waals surface area contributed by atoms with Gasteiger partial charge in [0.2, 0.25) is 5.91 Å². The Labute approximate surface area is 191 Å². The van der Waals surface area contributed by atoms with E-state index in [-0.39, 0.29) is 33.4 Å². The Kier molecular flexibility index (Phi) is 7.19. The van der Waals surface area contributed by atoms with Gasteiger partial charge in [-0.05, 0) is 43.0 Å². The first-order chi connectivity index (χ1) is 15.4. The maximum atomic E-state index is 13.1. The van der Waals surface area contributed by atoms with Crippen LogP contribution in [0.5, 0.6) is 0 Å². The van der Waals surface area contributed by atoms with Gasteiger partial charge in [0, 0.05) is 5.69 Å². The summed E-state index contributed by atoms with van der Waals surface area (Å²) in [6.45, 7) is 5.88. The highest BCUT2D eigenvalue weighted by atomic mass is 32.2. The molecule has 3 aromatic rings. The monoisotopic (exact) mass is 445 g/mol. The number of hydrogen-bond donors (Lipinski definition) is 2. The first-order valence-electron chi connectivity index (χ1n) is 10.2. The molecule has 0 aliphatic heterocycles. The molecule has 0 fully saturated rings. The predicted molar refractivity (Wildman–Crippen MR) is 125 cm³/mol. The highest BCUT2D eigenvalue weighted by Crippen LogP contribution is 2.38. The number of amides is 1. The molecule has 3 N–H and O–H groups in total. The molecule has 0 aliphatic carbocycles. The lowest BCUT2D eigenvalue weighted by Gasteiger charge is -2.19. The van der Waals surface area contributed by atoms with Crippen molar-refractivity contribution < 1.29 is 9.21 Å². The maximum Gasteiger partial charge on any atom is 0.237 e. The summed E-state index contributed by atoms with van der Waals surface area (Å²) in [5.74, 6) is 0.150. The van der Waals surface area contributed by atoms with Gasteiger partial charge in [-0.15, -0.1) is 0 Å². The van der Waals surface area contributed by atoms with Crippen LogP contribution in [0.25, 0.3) is 11.3 Å². The van der Waals surface area contributed by atoms with Gasteiger partial charge in [-0.25, -0.2) is 4.98 Å². The minimum absolute atomic E-state index is 0.0113. The van der Waals surface area contributed by atoms with Crippen LogP contribution in [0.3, 0.4) is 0 Å². The number of aromatic nitrogens is 1. The molecular formula is C24H23N5O2S. The molecular weight excluding hydrogens is 422 g/mol. The molecule has 0 spiro atoms. The minimum atomic E-state index is -0.518. The van der Waals surface area contributed by atoms with Crippen LogP contribution in [-0.4, -0.2) is 16.1 Å². The van der Waals surface area contributed by atoms with Crippen LogP contribution in [-0.2, 0) is 11.2 Å². The Morgan fingerprint density at radius 2 is 1.97 bits per heavy atom. The third-order valence-electron chi connectivity index (χ3n) is 5.09. The van der Waals surface area contributed by atoms with Crippen molar-refractivity contribution in [3.05, 3.63) is 58.8 Å². The summed E-state index contributed by atoms with van der Waals surface area (Å²) < 4.78 is 5.44. The van der Waals surface area contributed by atoms with E-state index in [0.717, 1.165) is 35.0 Å². The topological polar surface area (TPSA) is 129 Å². The summed E-state index contributed by atoms with van der Waals surface area (Å²) in [4.78, 5) is 17.4. The molecule has 2 heterocycles. The van der Waals surface area contributed by atoms with Crippen LogP contribution >= 0.6 is 11.8 Å². The fraction of sp³-hybridized carbons (Fsp3) is 0.250. The van der Waals surface area contributed by atoms with Crippen LogP contribution in [0.1, 0.15) is 42.5 Å². The van der Waals surface area contributed by atoms with Crippen LogP contribution in [0.4, 0.5) is 11.5 Å². The number of nitrogen functional groups attached to an aromatic ring is 1. The lowest BCUT2D eigenvalue weighted by Crippen LogP contribution is -2.26. The van der Waals surface area contributed by atoms with Crippen molar-refractivity contribution in [3.63, 3.8) is 0 Å². The standard InChI is InChI=1S/C24H23N5O2S/c1-4-15-9-6-8-14(3)21(15)28-23(30)19(5-2)32-24-17(13-26)20(18-10-7-11-31-18)16(12-25)22(27)29-24/h6-11,19H,4-5H2,1-3H3,(H2,27,29)(H,28,30). The van der Waals surface area contributed by atoms with Crippen LogP contribution in [0.2, 0.25) is 0 Å². The molecule has 8 heteroatoms. The van der Waals surface area contributed by atoms with E-state index in [1.165, 1.54) is 6.26 Å². The van der Waals surface area contributed by atoms with Gasteiger partial charge in [-0.2, -0.15) is 10.5 Å². The summed E-state index contributed by atoms with van der Waals surface area (Å²) in [5, 5.41) is 22.3. The van der Waals surface area contributed by atoms with Gasteiger partial charge >= 0.3 is 0 Å². The number of nitrogens with zero attached hydrogens (tertiary/aromatic N) is 3. The van der Waals surface area contributed by atoms with E-state index in [9.17, 15) is 15.3 Å². The number of nitrogens with one attached hydrogen (secondary N) is 1. The van der Waals surface area contributed by atoms with Crippen molar-refractivity contribution in [3.8, 4) is 23.5 Å². The summed E-state index contributed by atoms with van der Waals surface area (Å²) in [6, 6.07) is 13.4. The largest absolute Gasteiger partial charge is 0.464 e. The number of carbonyl (C=O) groups excluding carboxylic acids is 1. The number of nitriles is 2. The first kappa shape index (κ1) is 22.9. The van der Waals surface area contributed by atoms with Gasteiger partial charge < -0.3 is 15.5 Å². The van der Waals surface area contributed by atoms with Crippen molar-refractivity contribution in [2.24, 2.45) is 0 Å². The van der Waals surface area contributed by atoms with E-state index >= 15 is 0 Å². The fourth-order valence-corrected chi connectivity index (χ4v) is 4.43. The zero-order chi connectivity index (χ0) is 23.3. The molecule has 162 valence electrons. The Bertz CT molecular complexity index is 1220. The van der Waals surface area contributed by atoms with Crippen molar-refractivity contribution in [2.75, 3.05) is 11.1 Å². The second-order valence-electron chi connectivity index (χ2n) is 7.09. The molecule has 1 unspecified atom stereocenters. The van der Waals surface area contributed by atoms with E-state index in [2.05, 4.69) is 16.4 Å². The van der Waals surface area contributed by atoms with Crippen molar-refractivity contribution in [1.29, 1.82) is 10.5 Å². The Balaban J connectivity index is 2.00. The number of carbonyl (C=O) groups is 1. The van der Waals surface area contributed by atoms with Crippen LogP contribution < -0.4 is 11.1 Å². The third-order valence-corrected chi connectivity index (χ3v) is 6.44. The number of pyridine rings is 1. The summed E-state index contributed by atoms with van der Waals surface area (Å²) in [5.41, 5.74) is 9.41. The molecule has 0 saturated carbocycles. The molecule has 1 amide bonds. The Morgan fingerprint density at radius 3 is 2.56 bits per heavy atom. The van der Waals surface area contributed by atoms with Crippen molar-refractivity contribution >= 4 is 29.2 Å². The lowest BCUT2D eigenvalue weighted by molar-refractivity contribution is -0.115. The van der Waals surface area contributed by atoms with E-state index in [0.29, 0.717) is 12.2 Å². The molecule has 0 radical (unpaired) electrons. The van der Waals surface area contributed by atoms with E-state index in [1.807, 2.05) is 45.0 Å². The molecule has 0 aliphatic rings. The number of benzene rings is 1. The van der Waals surface area contributed by atoms with Gasteiger partial charge in [0.15, 0.2) is 0 Å². The fourth-order valence-electron chi connectivity index (χ4n) is 3.41. The quantitative estimate of drug-likeness (QED) is 0.487. The number of aryl methyl sites for hydroxylation is 2. The van der Waals surface area contributed by atoms with Crippen molar-refractivity contribution in [1.82, 2.24) is 4.98 Å². The number of furan rings is 1. The number of rotatable bonds is 7. The van der Waals surface area contributed by atoms with Gasteiger partial charge in [0.05, 0.1) is 22.6 Å². The number of thioether (sulfide) groups is 1. The average Bonchev–Trinajstić information content (AvgIpc) is 3.32.